The Bertz CT molecular complexity index is 592. The normalized spacial score (nSPS) is 18.5. The minimum Gasteiger partial charge on any atom is -0.371 e. The number of benzene rings is 1. The molecule has 1 aliphatic heterocycles. The minimum atomic E-state index is -0.808. The number of nitrogens with one attached hydrogen (secondary N) is 1. The van der Waals surface area contributed by atoms with Gasteiger partial charge in [-0.25, -0.2) is 0 Å². The monoisotopic (exact) mass is 328 g/mol. The van der Waals surface area contributed by atoms with Gasteiger partial charge >= 0.3 is 0 Å². The van der Waals surface area contributed by atoms with Crippen molar-refractivity contribution in [3.8, 4) is 6.07 Å². The lowest BCUT2D eigenvalue weighted by Gasteiger charge is -2.39. The second kappa shape index (κ2) is 7.23. The standard InChI is InChI=1S/C19H28N4O/c1-18(2,3)13-16(21)17(24)22-19(14-20)9-11-23(12-10-19)15-7-5-4-6-8-15/h4-8,16H,9-13,21H2,1-3H3,(H,22,24). The van der Waals surface area contributed by atoms with Gasteiger partial charge in [0.25, 0.3) is 0 Å². The summed E-state index contributed by atoms with van der Waals surface area (Å²) in [5.41, 5.74) is 6.34. The highest BCUT2D eigenvalue weighted by atomic mass is 16.2. The van der Waals surface area contributed by atoms with Crippen molar-refractivity contribution in [3.05, 3.63) is 30.3 Å². The van der Waals surface area contributed by atoms with Gasteiger partial charge < -0.3 is 16.0 Å². The summed E-state index contributed by atoms with van der Waals surface area (Å²) in [6.07, 6.45) is 1.80. The highest BCUT2D eigenvalue weighted by Gasteiger charge is 2.37. The van der Waals surface area contributed by atoms with Crippen LogP contribution in [0.2, 0.25) is 0 Å². The van der Waals surface area contributed by atoms with Gasteiger partial charge in [0.1, 0.15) is 5.54 Å². The number of nitrogens with zero attached hydrogens (tertiary/aromatic N) is 2. The van der Waals surface area contributed by atoms with Crippen molar-refractivity contribution in [3.63, 3.8) is 0 Å². The molecule has 0 radical (unpaired) electrons. The summed E-state index contributed by atoms with van der Waals surface area (Å²) in [5, 5.41) is 12.6. The van der Waals surface area contributed by atoms with Crippen LogP contribution in [-0.4, -0.2) is 30.6 Å². The van der Waals surface area contributed by atoms with Crippen LogP contribution >= 0.6 is 0 Å². The van der Waals surface area contributed by atoms with Gasteiger partial charge in [-0.05, 0) is 24.0 Å². The Hall–Kier alpha value is -2.06. The molecule has 0 spiro atoms. The maximum absolute atomic E-state index is 12.4. The van der Waals surface area contributed by atoms with E-state index in [-0.39, 0.29) is 11.3 Å². The maximum Gasteiger partial charge on any atom is 0.238 e. The van der Waals surface area contributed by atoms with Crippen LogP contribution in [0.4, 0.5) is 5.69 Å². The second-order valence-corrected chi connectivity index (χ2v) is 7.88. The molecule has 1 fully saturated rings. The van der Waals surface area contributed by atoms with Gasteiger partial charge in [0, 0.05) is 31.6 Å². The van der Waals surface area contributed by atoms with Crippen molar-refractivity contribution in [1.29, 1.82) is 5.26 Å². The maximum atomic E-state index is 12.4. The van der Waals surface area contributed by atoms with Crippen LogP contribution in [-0.2, 0) is 4.79 Å². The number of rotatable bonds is 4. The number of para-hydroxylation sites is 1. The number of nitrogens with two attached hydrogens (primary N) is 1. The van der Waals surface area contributed by atoms with E-state index in [0.29, 0.717) is 19.3 Å². The SMILES string of the molecule is CC(C)(C)CC(N)C(=O)NC1(C#N)CCN(c2ccccc2)CC1. The fraction of sp³-hybridized carbons (Fsp3) is 0.579. The molecule has 5 heteroatoms. The van der Waals surface area contributed by atoms with Gasteiger partial charge in [-0.3, -0.25) is 4.79 Å². The van der Waals surface area contributed by atoms with Crippen LogP contribution in [0, 0.1) is 16.7 Å². The molecule has 1 saturated heterocycles. The Morgan fingerprint density at radius 3 is 2.42 bits per heavy atom. The van der Waals surface area contributed by atoms with Gasteiger partial charge in [0.15, 0.2) is 0 Å². The molecule has 0 aliphatic carbocycles. The molecule has 5 nitrogen and oxygen atoms in total. The first-order chi connectivity index (χ1) is 11.2. The first-order valence-corrected chi connectivity index (χ1v) is 8.54. The zero-order valence-corrected chi connectivity index (χ0v) is 14.9. The predicted molar refractivity (Wildman–Crippen MR) is 96.4 cm³/mol. The van der Waals surface area contributed by atoms with Crippen LogP contribution in [0.5, 0.6) is 0 Å². The summed E-state index contributed by atoms with van der Waals surface area (Å²) in [5.74, 6) is -0.223. The zero-order valence-electron chi connectivity index (χ0n) is 14.9. The summed E-state index contributed by atoms with van der Waals surface area (Å²) < 4.78 is 0. The smallest absolute Gasteiger partial charge is 0.238 e. The molecule has 130 valence electrons. The third-order valence-corrected chi connectivity index (χ3v) is 4.48. The number of piperidine rings is 1. The molecule has 1 atom stereocenters. The highest BCUT2D eigenvalue weighted by Crippen LogP contribution is 2.26. The van der Waals surface area contributed by atoms with Gasteiger partial charge in [-0.15, -0.1) is 0 Å². The summed E-state index contributed by atoms with van der Waals surface area (Å²) in [6, 6.07) is 11.9. The van der Waals surface area contributed by atoms with Gasteiger partial charge in [-0.2, -0.15) is 5.26 Å². The molecule has 1 unspecified atom stereocenters. The molecular weight excluding hydrogens is 300 g/mol. The van der Waals surface area contributed by atoms with E-state index in [2.05, 4.69) is 49.2 Å². The molecule has 2 rings (SSSR count). The lowest BCUT2D eigenvalue weighted by molar-refractivity contribution is -0.124. The summed E-state index contributed by atoms with van der Waals surface area (Å²) in [4.78, 5) is 14.7. The lowest BCUT2D eigenvalue weighted by atomic mass is 9.86. The van der Waals surface area contributed by atoms with E-state index >= 15 is 0 Å². The largest absolute Gasteiger partial charge is 0.371 e. The van der Waals surface area contributed by atoms with E-state index in [1.54, 1.807) is 0 Å². The van der Waals surface area contributed by atoms with Crippen LogP contribution in [0.3, 0.4) is 0 Å². The molecule has 1 heterocycles. The second-order valence-electron chi connectivity index (χ2n) is 7.88. The number of amides is 1. The Labute approximate surface area is 144 Å². The quantitative estimate of drug-likeness (QED) is 0.889. The van der Waals surface area contributed by atoms with Crippen LogP contribution < -0.4 is 16.0 Å². The van der Waals surface area contributed by atoms with Crippen molar-refractivity contribution in [2.24, 2.45) is 11.1 Å². The molecule has 3 N–H and O–H groups in total. The Kier molecular flexibility index (Phi) is 5.51. The average Bonchev–Trinajstić information content (AvgIpc) is 2.54. The van der Waals surface area contributed by atoms with Crippen molar-refractivity contribution in [1.82, 2.24) is 5.32 Å². The van der Waals surface area contributed by atoms with Crippen molar-refractivity contribution in [2.75, 3.05) is 18.0 Å². The number of hydrogen-bond acceptors (Lipinski definition) is 4. The van der Waals surface area contributed by atoms with E-state index in [0.717, 1.165) is 18.8 Å². The molecule has 0 bridgehead atoms. The average molecular weight is 328 g/mol. The predicted octanol–water partition coefficient (Wildman–Crippen LogP) is 2.43. The van der Waals surface area contributed by atoms with Crippen LogP contribution in [0.1, 0.15) is 40.0 Å². The minimum absolute atomic E-state index is 0.0206. The number of hydrogen-bond donors (Lipinski definition) is 2. The Morgan fingerprint density at radius 1 is 1.33 bits per heavy atom. The summed E-state index contributed by atoms with van der Waals surface area (Å²) in [7, 11) is 0. The molecule has 1 amide bonds. The summed E-state index contributed by atoms with van der Waals surface area (Å²) >= 11 is 0. The molecule has 1 aromatic rings. The summed E-state index contributed by atoms with van der Waals surface area (Å²) in [6.45, 7) is 7.65. The van der Waals surface area contributed by atoms with Gasteiger partial charge in [-0.1, -0.05) is 39.0 Å². The fourth-order valence-corrected chi connectivity index (χ4v) is 3.13. The van der Waals surface area contributed by atoms with E-state index in [1.807, 2.05) is 18.2 Å². The van der Waals surface area contributed by atoms with Crippen molar-refractivity contribution in [2.45, 2.75) is 51.6 Å². The third kappa shape index (κ3) is 4.72. The highest BCUT2D eigenvalue weighted by molar-refractivity contribution is 5.82. The molecular formula is C19H28N4O. The van der Waals surface area contributed by atoms with E-state index in [1.165, 1.54) is 0 Å². The van der Waals surface area contributed by atoms with Crippen LogP contribution in [0.25, 0.3) is 0 Å². The molecule has 24 heavy (non-hydrogen) atoms. The molecule has 1 aliphatic rings. The van der Waals surface area contributed by atoms with E-state index < -0.39 is 11.6 Å². The third-order valence-electron chi connectivity index (χ3n) is 4.48. The number of carbonyl (C=O) groups is 1. The zero-order chi connectivity index (χ0) is 17.8. The number of anilines is 1. The molecule has 0 saturated carbocycles. The van der Waals surface area contributed by atoms with Crippen molar-refractivity contribution >= 4 is 11.6 Å². The lowest BCUT2D eigenvalue weighted by Crippen LogP contribution is -2.58. The van der Waals surface area contributed by atoms with Gasteiger partial charge in [0.2, 0.25) is 5.91 Å². The first kappa shape index (κ1) is 18.3. The number of nitriles is 1. The topological polar surface area (TPSA) is 82.1 Å². The van der Waals surface area contributed by atoms with Crippen LogP contribution in [0.15, 0.2) is 30.3 Å². The van der Waals surface area contributed by atoms with E-state index in [9.17, 15) is 10.1 Å². The molecule has 1 aromatic carbocycles. The van der Waals surface area contributed by atoms with Gasteiger partial charge in [0.05, 0.1) is 12.1 Å². The molecule has 0 aromatic heterocycles. The van der Waals surface area contributed by atoms with Crippen molar-refractivity contribution < 1.29 is 4.79 Å². The Morgan fingerprint density at radius 2 is 1.92 bits per heavy atom. The fourth-order valence-electron chi connectivity index (χ4n) is 3.13. The Balaban J connectivity index is 1.97. The van der Waals surface area contributed by atoms with E-state index in [4.69, 9.17) is 5.73 Å². The number of carbonyl (C=O) groups excluding carboxylic acids is 1. The first-order valence-electron chi connectivity index (χ1n) is 8.54.